The van der Waals surface area contributed by atoms with Crippen LogP contribution < -0.4 is 10.4 Å². The maximum atomic E-state index is 11.5. The van der Waals surface area contributed by atoms with Gasteiger partial charge in [-0.25, -0.2) is 4.79 Å². The van der Waals surface area contributed by atoms with Crippen LogP contribution in [0.2, 0.25) is 0 Å². The fraction of sp³-hybridized carbons (Fsp3) is 0.500. The Bertz CT molecular complexity index is 826. The molecule has 0 spiro atoms. The molecule has 25 heavy (non-hydrogen) atoms. The topological polar surface area (TPSA) is 98.4 Å². The summed E-state index contributed by atoms with van der Waals surface area (Å²) >= 11 is 0. The molecule has 0 radical (unpaired) electrons. The van der Waals surface area contributed by atoms with Crippen LogP contribution in [0.15, 0.2) is 33.5 Å². The normalized spacial score (nSPS) is 28.9. The maximum absolute atomic E-state index is 11.5. The van der Waals surface area contributed by atoms with Crippen molar-refractivity contribution in [2.45, 2.75) is 51.0 Å². The van der Waals surface area contributed by atoms with E-state index in [0.29, 0.717) is 16.9 Å². The number of hydrogen-bond acceptors (Lipinski definition) is 7. The highest BCUT2D eigenvalue weighted by atomic mass is 16.7. The van der Waals surface area contributed by atoms with Gasteiger partial charge in [-0.3, -0.25) is 0 Å². The Hall–Kier alpha value is -1.93. The van der Waals surface area contributed by atoms with Crippen molar-refractivity contribution < 1.29 is 28.8 Å². The van der Waals surface area contributed by atoms with Crippen LogP contribution in [0.1, 0.15) is 19.4 Å². The summed E-state index contributed by atoms with van der Waals surface area (Å²) in [5.74, 6) is 0.393. The third-order valence-corrected chi connectivity index (χ3v) is 4.53. The minimum atomic E-state index is -1.30. The second-order valence-electron chi connectivity index (χ2n) is 6.71. The number of aliphatic hydroxyl groups excluding tert-OH is 2. The first-order valence-electron chi connectivity index (χ1n) is 8.01. The molecule has 1 fully saturated rings. The summed E-state index contributed by atoms with van der Waals surface area (Å²) in [6.07, 6.45) is -4.26. The van der Waals surface area contributed by atoms with E-state index in [4.69, 9.17) is 18.6 Å². The minimum Gasteiger partial charge on any atom is -0.462 e. The summed E-state index contributed by atoms with van der Waals surface area (Å²) in [4.78, 5) is 11.5. The average Bonchev–Trinajstić information content (AvgIpc) is 2.55. The molecule has 0 aliphatic carbocycles. The Balaban J connectivity index is 1.93. The van der Waals surface area contributed by atoms with Gasteiger partial charge in [0.2, 0.25) is 6.29 Å². The van der Waals surface area contributed by atoms with E-state index in [2.05, 4.69) is 0 Å². The highest BCUT2D eigenvalue weighted by Crippen LogP contribution is 2.34. The summed E-state index contributed by atoms with van der Waals surface area (Å²) in [6.45, 7) is 5.24. The molecule has 0 amide bonds. The van der Waals surface area contributed by atoms with E-state index in [-0.39, 0.29) is 0 Å². The van der Waals surface area contributed by atoms with Gasteiger partial charge in [-0.1, -0.05) is 0 Å². The molecule has 2 aromatic rings. The van der Waals surface area contributed by atoms with Gasteiger partial charge < -0.3 is 28.8 Å². The number of rotatable bonds is 3. The number of benzene rings is 1. The molecule has 1 aliphatic heterocycles. The molecule has 136 valence electrons. The highest BCUT2D eigenvalue weighted by Gasteiger charge is 2.50. The molecule has 1 aromatic carbocycles. The lowest BCUT2D eigenvalue weighted by molar-refractivity contribution is -0.306. The number of fused-ring (bicyclic) bond motifs is 1. The molecule has 0 unspecified atom stereocenters. The zero-order valence-corrected chi connectivity index (χ0v) is 14.6. The van der Waals surface area contributed by atoms with Crippen molar-refractivity contribution in [3.05, 3.63) is 40.2 Å². The Morgan fingerprint density at radius 1 is 1.12 bits per heavy atom. The summed E-state index contributed by atoms with van der Waals surface area (Å²) in [5.41, 5.74) is -0.312. The van der Waals surface area contributed by atoms with Crippen LogP contribution in [0.4, 0.5) is 0 Å². The molecule has 2 heterocycles. The Labute approximate surface area is 144 Å². The molecule has 7 nitrogen and oxygen atoms in total. The van der Waals surface area contributed by atoms with Gasteiger partial charge in [0, 0.05) is 24.1 Å². The number of aliphatic hydroxyl groups is 2. The van der Waals surface area contributed by atoms with Crippen molar-refractivity contribution >= 4 is 11.0 Å². The molecular weight excluding hydrogens is 328 g/mol. The van der Waals surface area contributed by atoms with Crippen LogP contribution in [-0.2, 0) is 9.47 Å². The van der Waals surface area contributed by atoms with Crippen LogP contribution in [0.5, 0.6) is 5.75 Å². The highest BCUT2D eigenvalue weighted by molar-refractivity contribution is 5.81. The van der Waals surface area contributed by atoms with Crippen LogP contribution >= 0.6 is 0 Å². The smallest absolute Gasteiger partial charge is 0.336 e. The second kappa shape index (κ2) is 6.42. The predicted molar refractivity (Wildman–Crippen MR) is 89.6 cm³/mol. The lowest BCUT2D eigenvalue weighted by Crippen LogP contribution is -2.63. The standard InChI is InChI=1S/C18H22O7/c1-9-11(7-5-10-6-8-12(19)24-15(9)10)23-17-14(21)13(20)16(22-4)18(2,3)25-17/h5-8,13-14,16-17,20-21H,1-4H3/t13-,14+,16+,17+/m0/s1. The van der Waals surface area contributed by atoms with Crippen LogP contribution in [0, 0.1) is 6.92 Å². The molecule has 1 saturated heterocycles. The maximum Gasteiger partial charge on any atom is 0.336 e. The quantitative estimate of drug-likeness (QED) is 0.806. The van der Waals surface area contributed by atoms with Crippen molar-refractivity contribution in [3.8, 4) is 5.75 Å². The van der Waals surface area contributed by atoms with E-state index in [1.54, 1.807) is 39.0 Å². The van der Waals surface area contributed by atoms with Gasteiger partial charge >= 0.3 is 5.63 Å². The molecule has 1 aliphatic rings. The van der Waals surface area contributed by atoms with Crippen molar-refractivity contribution in [1.82, 2.24) is 0 Å². The first kappa shape index (κ1) is 17.9. The first-order chi connectivity index (χ1) is 11.7. The molecule has 2 N–H and O–H groups in total. The molecule has 3 rings (SSSR count). The average molecular weight is 350 g/mol. The summed E-state index contributed by atoms with van der Waals surface area (Å²) in [6, 6.07) is 6.46. The summed E-state index contributed by atoms with van der Waals surface area (Å²) in [5, 5.41) is 21.4. The number of aryl methyl sites for hydroxylation is 1. The minimum absolute atomic E-state index is 0.393. The van der Waals surface area contributed by atoms with E-state index in [1.807, 2.05) is 0 Å². The molecule has 7 heteroatoms. The van der Waals surface area contributed by atoms with E-state index >= 15 is 0 Å². The summed E-state index contributed by atoms with van der Waals surface area (Å²) < 4.78 is 22.1. The van der Waals surface area contributed by atoms with E-state index in [9.17, 15) is 15.0 Å². The fourth-order valence-corrected chi connectivity index (χ4v) is 3.21. The molecule has 4 atom stereocenters. The van der Waals surface area contributed by atoms with Gasteiger partial charge in [-0.2, -0.15) is 0 Å². The van der Waals surface area contributed by atoms with Gasteiger partial charge in [0.15, 0.2) is 0 Å². The zero-order valence-electron chi connectivity index (χ0n) is 14.6. The number of ether oxygens (including phenoxy) is 3. The van der Waals surface area contributed by atoms with Crippen molar-refractivity contribution in [1.29, 1.82) is 0 Å². The molecular formula is C18H22O7. The van der Waals surface area contributed by atoms with Crippen molar-refractivity contribution in [3.63, 3.8) is 0 Å². The van der Waals surface area contributed by atoms with Gasteiger partial charge in [-0.05, 0) is 39.0 Å². The van der Waals surface area contributed by atoms with Gasteiger partial charge in [-0.15, -0.1) is 0 Å². The van der Waals surface area contributed by atoms with E-state index in [0.717, 1.165) is 5.39 Å². The fourth-order valence-electron chi connectivity index (χ4n) is 3.21. The van der Waals surface area contributed by atoms with E-state index < -0.39 is 35.8 Å². The number of hydrogen-bond donors (Lipinski definition) is 2. The molecule has 0 bridgehead atoms. The van der Waals surface area contributed by atoms with Crippen LogP contribution in [0.3, 0.4) is 0 Å². The van der Waals surface area contributed by atoms with Crippen molar-refractivity contribution in [2.75, 3.05) is 7.11 Å². The third-order valence-electron chi connectivity index (χ3n) is 4.53. The SMILES string of the molecule is CO[C@@H]1[C@@H](O)[C@@H](O)[C@H](Oc2ccc3ccc(=O)oc3c2C)OC1(C)C. The first-order valence-corrected chi connectivity index (χ1v) is 8.01. The van der Waals surface area contributed by atoms with Gasteiger partial charge in [0.25, 0.3) is 0 Å². The third kappa shape index (κ3) is 3.16. The summed E-state index contributed by atoms with van der Waals surface area (Å²) in [7, 11) is 1.45. The van der Waals surface area contributed by atoms with Crippen LogP contribution in [-0.4, -0.2) is 47.5 Å². The Morgan fingerprint density at radius 3 is 2.48 bits per heavy atom. The van der Waals surface area contributed by atoms with E-state index in [1.165, 1.54) is 13.2 Å². The Kier molecular flexibility index (Phi) is 4.59. The largest absolute Gasteiger partial charge is 0.462 e. The Morgan fingerprint density at radius 2 is 1.80 bits per heavy atom. The van der Waals surface area contributed by atoms with Crippen LogP contribution in [0.25, 0.3) is 11.0 Å². The lowest BCUT2D eigenvalue weighted by Gasteiger charge is -2.46. The second-order valence-corrected chi connectivity index (χ2v) is 6.71. The van der Waals surface area contributed by atoms with Crippen molar-refractivity contribution in [2.24, 2.45) is 0 Å². The van der Waals surface area contributed by atoms with Gasteiger partial charge in [0.1, 0.15) is 29.6 Å². The monoisotopic (exact) mass is 350 g/mol. The predicted octanol–water partition coefficient (Wildman–Crippen LogP) is 1.35. The van der Waals surface area contributed by atoms with Gasteiger partial charge in [0.05, 0.1) is 5.60 Å². The zero-order chi connectivity index (χ0) is 18.4. The molecule has 0 saturated carbocycles. The lowest BCUT2D eigenvalue weighted by atomic mass is 9.89. The number of methoxy groups -OCH3 is 1. The molecule has 1 aromatic heterocycles.